The van der Waals surface area contributed by atoms with Crippen molar-refractivity contribution in [2.24, 2.45) is 0 Å². The fourth-order valence-corrected chi connectivity index (χ4v) is 5.19. The van der Waals surface area contributed by atoms with Gasteiger partial charge in [-0.3, -0.25) is 4.90 Å². The van der Waals surface area contributed by atoms with Gasteiger partial charge in [-0.15, -0.1) is 0 Å². The molecule has 0 saturated carbocycles. The highest BCUT2D eigenvalue weighted by Gasteiger charge is 2.19. The number of hydrogen-bond donors (Lipinski definition) is 0. The number of benzene rings is 4. The first kappa shape index (κ1) is 20.1. The molecule has 0 atom stereocenters. The predicted octanol–water partition coefficient (Wildman–Crippen LogP) is 8.90. The van der Waals surface area contributed by atoms with E-state index in [0.717, 1.165) is 55.3 Å². The molecular weight excluding hydrogens is 458 g/mol. The molecule has 0 bridgehead atoms. The van der Waals surface area contributed by atoms with Crippen molar-refractivity contribution in [2.75, 3.05) is 4.90 Å². The minimum atomic E-state index is 0.610. The van der Waals surface area contributed by atoms with Gasteiger partial charge in [0.1, 0.15) is 17.0 Å². The number of aromatic nitrogens is 2. The molecule has 0 aliphatic carbocycles. The maximum absolute atomic E-state index is 6.13. The van der Waals surface area contributed by atoms with Crippen LogP contribution in [0.3, 0.4) is 0 Å². The van der Waals surface area contributed by atoms with Crippen LogP contribution in [0.25, 0.3) is 54.9 Å². The highest BCUT2D eigenvalue weighted by atomic mass is 16.3. The van der Waals surface area contributed by atoms with Crippen LogP contribution >= 0.6 is 0 Å². The minimum absolute atomic E-state index is 0.610. The molecule has 0 unspecified atom stereocenters. The lowest BCUT2D eigenvalue weighted by Crippen LogP contribution is -2.11. The number of hydrogen-bond acceptors (Lipinski definition) is 5. The maximum Gasteiger partial charge on any atom is 0.229 e. The van der Waals surface area contributed by atoms with E-state index in [9.17, 15) is 0 Å². The minimum Gasteiger partial charge on any atom is -0.438 e. The van der Waals surface area contributed by atoms with Gasteiger partial charge >= 0.3 is 0 Å². The molecule has 0 fully saturated rings. The van der Waals surface area contributed by atoms with Crippen molar-refractivity contribution in [3.05, 3.63) is 115 Å². The molecule has 0 amide bonds. The Kier molecular flexibility index (Phi) is 4.16. The van der Waals surface area contributed by atoms with Crippen molar-refractivity contribution in [1.82, 2.24) is 9.97 Å². The topological polar surface area (TPSA) is 55.3 Å². The summed E-state index contributed by atoms with van der Waals surface area (Å²) in [5.41, 5.74) is 4.78. The summed E-state index contributed by atoms with van der Waals surface area (Å²) in [4.78, 5) is 11.5. The van der Waals surface area contributed by atoms with Crippen molar-refractivity contribution in [3.63, 3.8) is 0 Å². The van der Waals surface area contributed by atoms with Crippen molar-refractivity contribution in [3.8, 4) is 0 Å². The predicted molar refractivity (Wildman–Crippen MR) is 149 cm³/mol. The van der Waals surface area contributed by atoms with Crippen LogP contribution in [0.15, 0.2) is 124 Å². The normalized spacial score (nSPS) is 11.8. The summed E-state index contributed by atoms with van der Waals surface area (Å²) in [6.07, 6.45) is 1.75. The second-order valence-corrected chi connectivity index (χ2v) is 9.13. The van der Waals surface area contributed by atoms with Crippen LogP contribution in [0.1, 0.15) is 0 Å². The van der Waals surface area contributed by atoms with Crippen LogP contribution in [-0.4, -0.2) is 9.97 Å². The summed E-state index contributed by atoms with van der Waals surface area (Å²) in [7, 11) is 0. The molecule has 4 aromatic heterocycles. The van der Waals surface area contributed by atoms with Gasteiger partial charge in [0.05, 0.1) is 5.69 Å². The van der Waals surface area contributed by atoms with Gasteiger partial charge in [0.2, 0.25) is 11.4 Å². The lowest BCUT2D eigenvalue weighted by atomic mass is 10.1. The highest BCUT2D eigenvalue weighted by Crippen LogP contribution is 2.39. The summed E-state index contributed by atoms with van der Waals surface area (Å²) in [6, 6.07) is 37.2. The van der Waals surface area contributed by atoms with Crippen LogP contribution in [0.4, 0.5) is 17.2 Å². The summed E-state index contributed by atoms with van der Waals surface area (Å²) in [5.74, 6) is 0.760. The molecule has 0 aliphatic rings. The third-order valence-electron chi connectivity index (χ3n) is 6.94. The molecule has 0 N–H and O–H groups in total. The fraction of sp³-hybridized carbons (Fsp3) is 0. The van der Waals surface area contributed by atoms with Crippen molar-refractivity contribution >= 4 is 72.1 Å². The maximum atomic E-state index is 6.13. The number of pyridine rings is 2. The molecule has 8 aromatic rings. The third-order valence-corrected chi connectivity index (χ3v) is 6.94. The average Bonchev–Trinajstić information content (AvgIpc) is 3.50. The second kappa shape index (κ2) is 7.67. The first-order valence-electron chi connectivity index (χ1n) is 12.2. The van der Waals surface area contributed by atoms with Crippen LogP contribution in [0.5, 0.6) is 0 Å². The molecule has 5 heteroatoms. The van der Waals surface area contributed by atoms with Gasteiger partial charge in [0.15, 0.2) is 0 Å². The van der Waals surface area contributed by atoms with E-state index in [-0.39, 0.29) is 0 Å². The average molecular weight is 478 g/mol. The largest absolute Gasteiger partial charge is 0.438 e. The van der Waals surface area contributed by atoms with Crippen LogP contribution in [-0.2, 0) is 0 Å². The molecule has 8 rings (SSSR count). The summed E-state index contributed by atoms with van der Waals surface area (Å²) >= 11 is 0. The van der Waals surface area contributed by atoms with Crippen molar-refractivity contribution < 1.29 is 8.83 Å². The van der Waals surface area contributed by atoms with Gasteiger partial charge in [-0.1, -0.05) is 48.5 Å². The van der Waals surface area contributed by atoms with E-state index in [1.54, 1.807) is 6.20 Å². The highest BCUT2D eigenvalue weighted by molar-refractivity contribution is 6.06. The quantitative estimate of drug-likeness (QED) is 0.254. The van der Waals surface area contributed by atoms with Crippen molar-refractivity contribution in [1.29, 1.82) is 0 Å². The van der Waals surface area contributed by atoms with Gasteiger partial charge in [0, 0.05) is 39.5 Å². The Morgan fingerprint density at radius 2 is 1.22 bits per heavy atom. The first-order chi connectivity index (χ1) is 18.3. The monoisotopic (exact) mass is 477 g/mol. The van der Waals surface area contributed by atoms with E-state index in [1.807, 2.05) is 36.4 Å². The molecule has 0 saturated heterocycles. The molecule has 4 heterocycles. The van der Waals surface area contributed by atoms with E-state index in [0.29, 0.717) is 11.4 Å². The number of para-hydroxylation sites is 1. The summed E-state index contributed by atoms with van der Waals surface area (Å²) in [5, 5.41) is 6.44. The summed E-state index contributed by atoms with van der Waals surface area (Å²) < 4.78 is 12.2. The molecule has 174 valence electrons. The zero-order valence-electron chi connectivity index (χ0n) is 19.6. The van der Waals surface area contributed by atoms with Gasteiger partial charge in [0.25, 0.3) is 0 Å². The van der Waals surface area contributed by atoms with Crippen LogP contribution in [0, 0.1) is 0 Å². The Bertz CT molecular complexity index is 2010. The Hall–Kier alpha value is -5.16. The number of nitrogens with zero attached hydrogens (tertiary/aromatic N) is 3. The zero-order valence-corrected chi connectivity index (χ0v) is 19.6. The molecule has 0 radical (unpaired) electrons. The Morgan fingerprint density at radius 3 is 2.19 bits per heavy atom. The molecule has 37 heavy (non-hydrogen) atoms. The van der Waals surface area contributed by atoms with Crippen LogP contribution in [0.2, 0.25) is 0 Å². The SMILES string of the molecule is c1ccc2cc(N(c3ccc4c(c3)oc3ncccc34)c3ccc4c(n3)oc3ccccc34)ccc2c1. The van der Waals surface area contributed by atoms with E-state index < -0.39 is 0 Å². The second-order valence-electron chi connectivity index (χ2n) is 9.13. The molecule has 4 aromatic carbocycles. The summed E-state index contributed by atoms with van der Waals surface area (Å²) in [6.45, 7) is 0. The van der Waals surface area contributed by atoms with Gasteiger partial charge in [-0.05, 0) is 65.4 Å². The van der Waals surface area contributed by atoms with Gasteiger partial charge in [-0.2, -0.15) is 4.98 Å². The number of rotatable bonds is 3. The van der Waals surface area contributed by atoms with E-state index in [1.165, 1.54) is 5.39 Å². The Morgan fingerprint density at radius 1 is 0.514 bits per heavy atom. The zero-order chi connectivity index (χ0) is 24.3. The Labute approximate surface area is 211 Å². The fourth-order valence-electron chi connectivity index (χ4n) is 5.19. The molecular formula is C32H19N3O2. The smallest absolute Gasteiger partial charge is 0.229 e. The standard InChI is InChI=1S/C32H19N3O2/c1-2-7-21-18-22(12-11-20(21)6-1)35(23-13-14-25-26-9-5-17-33-31(26)37-29(25)19-23)30-16-15-27-24-8-3-4-10-28(24)36-32(27)34-30/h1-19H. The van der Waals surface area contributed by atoms with E-state index in [4.69, 9.17) is 13.8 Å². The lowest BCUT2D eigenvalue weighted by molar-refractivity contribution is 0.654. The number of fused-ring (bicyclic) bond motifs is 7. The number of furan rings is 2. The molecule has 5 nitrogen and oxygen atoms in total. The lowest BCUT2D eigenvalue weighted by Gasteiger charge is -2.24. The Balaban J connectivity index is 1.37. The third kappa shape index (κ3) is 3.11. The molecule has 0 spiro atoms. The van der Waals surface area contributed by atoms with Crippen molar-refractivity contribution in [2.45, 2.75) is 0 Å². The number of anilines is 3. The van der Waals surface area contributed by atoms with Gasteiger partial charge < -0.3 is 8.83 Å². The van der Waals surface area contributed by atoms with Crippen LogP contribution < -0.4 is 4.90 Å². The molecule has 0 aliphatic heterocycles. The first-order valence-corrected chi connectivity index (χ1v) is 12.2. The van der Waals surface area contributed by atoms with E-state index >= 15 is 0 Å². The van der Waals surface area contributed by atoms with E-state index in [2.05, 4.69) is 82.7 Å². The van der Waals surface area contributed by atoms with Gasteiger partial charge in [-0.25, -0.2) is 4.98 Å².